The molecule has 0 aliphatic carbocycles. The first-order chi connectivity index (χ1) is 13.0. The van der Waals surface area contributed by atoms with E-state index < -0.39 is 10.0 Å². The number of sulfonamides is 1. The number of hydrogen-bond acceptors (Lipinski definition) is 5. The van der Waals surface area contributed by atoms with Gasteiger partial charge in [0.1, 0.15) is 0 Å². The van der Waals surface area contributed by atoms with Gasteiger partial charge in [-0.25, -0.2) is 13.1 Å². The molecule has 0 saturated heterocycles. The smallest absolute Gasteiger partial charge is 0.254 e. The predicted octanol–water partition coefficient (Wildman–Crippen LogP) is 3.58. The number of carbonyl (C=O) groups is 1. The Morgan fingerprint density at radius 2 is 2.00 bits per heavy atom. The first-order valence-electron chi connectivity index (χ1n) is 8.45. The fourth-order valence-electron chi connectivity index (χ4n) is 3.22. The van der Waals surface area contributed by atoms with Gasteiger partial charge < -0.3 is 4.90 Å². The molecule has 0 radical (unpaired) electrons. The van der Waals surface area contributed by atoms with Crippen molar-refractivity contribution >= 4 is 38.6 Å². The number of benzene rings is 1. The van der Waals surface area contributed by atoms with Gasteiger partial charge in [0.25, 0.3) is 5.91 Å². The minimum atomic E-state index is -3.63. The van der Waals surface area contributed by atoms with Crippen LogP contribution >= 0.6 is 22.7 Å². The maximum Gasteiger partial charge on any atom is 0.254 e. The molecule has 1 aromatic carbocycles. The molecule has 0 fully saturated rings. The van der Waals surface area contributed by atoms with Gasteiger partial charge in [0.2, 0.25) is 10.0 Å². The standard InChI is InChI=1S/C19H18N2O3S3/c1-20-27(23,24)14-4-5-15(18-3-2-9-25-18)16(11-14)19(22)21-8-6-17-13(12-21)7-10-26-17/h2-5,7,9-11,20H,6,8,12H2,1H3. The minimum Gasteiger partial charge on any atom is -0.334 e. The summed E-state index contributed by atoms with van der Waals surface area (Å²) < 4.78 is 26.8. The van der Waals surface area contributed by atoms with Crippen molar-refractivity contribution in [1.29, 1.82) is 0 Å². The minimum absolute atomic E-state index is 0.0990. The van der Waals surface area contributed by atoms with Gasteiger partial charge in [-0.15, -0.1) is 22.7 Å². The number of fused-ring (bicyclic) bond motifs is 1. The van der Waals surface area contributed by atoms with E-state index in [4.69, 9.17) is 0 Å². The monoisotopic (exact) mass is 418 g/mol. The number of hydrogen-bond donors (Lipinski definition) is 1. The van der Waals surface area contributed by atoms with E-state index in [9.17, 15) is 13.2 Å². The maximum atomic E-state index is 13.3. The first kappa shape index (κ1) is 18.4. The highest BCUT2D eigenvalue weighted by atomic mass is 32.2. The summed E-state index contributed by atoms with van der Waals surface area (Å²) in [5.74, 6) is -0.136. The lowest BCUT2D eigenvalue weighted by Crippen LogP contribution is -2.35. The van der Waals surface area contributed by atoms with Crippen LogP contribution in [0.15, 0.2) is 52.1 Å². The molecule has 1 aliphatic heterocycles. The largest absolute Gasteiger partial charge is 0.334 e. The molecule has 0 bridgehead atoms. The van der Waals surface area contributed by atoms with Crippen molar-refractivity contribution in [2.24, 2.45) is 0 Å². The van der Waals surface area contributed by atoms with E-state index in [1.165, 1.54) is 34.9 Å². The Kier molecular flexibility index (Phi) is 4.90. The molecule has 0 atom stereocenters. The van der Waals surface area contributed by atoms with Crippen molar-refractivity contribution in [2.75, 3.05) is 13.6 Å². The zero-order chi connectivity index (χ0) is 19.0. The Bertz CT molecular complexity index is 1090. The molecule has 1 aliphatic rings. The van der Waals surface area contributed by atoms with E-state index in [1.54, 1.807) is 28.4 Å². The summed E-state index contributed by atoms with van der Waals surface area (Å²) in [6.07, 6.45) is 0.835. The topological polar surface area (TPSA) is 66.5 Å². The molecule has 2 aromatic heterocycles. The molecule has 1 N–H and O–H groups in total. The molecule has 0 saturated carbocycles. The van der Waals surface area contributed by atoms with Crippen LogP contribution in [0.5, 0.6) is 0 Å². The van der Waals surface area contributed by atoms with Crippen molar-refractivity contribution in [3.05, 3.63) is 63.2 Å². The second-order valence-corrected chi connectivity index (χ2v) is 10.1. The van der Waals surface area contributed by atoms with Crippen LogP contribution < -0.4 is 4.72 Å². The maximum absolute atomic E-state index is 13.3. The lowest BCUT2D eigenvalue weighted by atomic mass is 10.0. The number of thiophene rings is 2. The molecule has 27 heavy (non-hydrogen) atoms. The van der Waals surface area contributed by atoms with E-state index in [1.807, 2.05) is 17.5 Å². The Labute approximate surface area is 166 Å². The third-order valence-electron chi connectivity index (χ3n) is 4.68. The average molecular weight is 419 g/mol. The van der Waals surface area contributed by atoms with Crippen molar-refractivity contribution in [1.82, 2.24) is 9.62 Å². The quantitative estimate of drug-likeness (QED) is 0.704. The van der Waals surface area contributed by atoms with E-state index in [2.05, 4.69) is 16.2 Å². The Morgan fingerprint density at radius 1 is 1.15 bits per heavy atom. The molecule has 3 aromatic rings. The third-order valence-corrected chi connectivity index (χ3v) is 8.02. The number of rotatable bonds is 4. The summed E-state index contributed by atoms with van der Waals surface area (Å²) in [5.41, 5.74) is 2.37. The second kappa shape index (κ2) is 7.20. The first-order valence-corrected chi connectivity index (χ1v) is 11.7. The van der Waals surface area contributed by atoms with Gasteiger partial charge in [0, 0.05) is 34.0 Å². The van der Waals surface area contributed by atoms with Crippen LogP contribution in [-0.2, 0) is 23.0 Å². The molecule has 1 amide bonds. The van der Waals surface area contributed by atoms with Crippen molar-refractivity contribution in [3.63, 3.8) is 0 Å². The lowest BCUT2D eigenvalue weighted by Gasteiger charge is -2.28. The van der Waals surface area contributed by atoms with Gasteiger partial charge in [-0.1, -0.05) is 12.1 Å². The molecule has 0 spiro atoms. The van der Waals surface area contributed by atoms with Crippen molar-refractivity contribution < 1.29 is 13.2 Å². The number of amides is 1. The zero-order valence-electron chi connectivity index (χ0n) is 14.6. The summed E-state index contributed by atoms with van der Waals surface area (Å²) in [7, 11) is -2.26. The predicted molar refractivity (Wildman–Crippen MR) is 109 cm³/mol. The Morgan fingerprint density at radius 3 is 2.74 bits per heavy atom. The second-order valence-electron chi connectivity index (χ2n) is 6.24. The average Bonchev–Trinajstić information content (AvgIpc) is 3.38. The van der Waals surface area contributed by atoms with E-state index in [-0.39, 0.29) is 10.8 Å². The van der Waals surface area contributed by atoms with Gasteiger partial charge >= 0.3 is 0 Å². The Balaban J connectivity index is 1.77. The van der Waals surface area contributed by atoms with Crippen LogP contribution in [0.4, 0.5) is 0 Å². The van der Waals surface area contributed by atoms with Crippen LogP contribution in [-0.4, -0.2) is 32.8 Å². The number of nitrogens with zero attached hydrogens (tertiary/aromatic N) is 1. The molecule has 8 heteroatoms. The van der Waals surface area contributed by atoms with E-state index in [0.29, 0.717) is 18.7 Å². The highest BCUT2D eigenvalue weighted by Gasteiger charge is 2.26. The Hall–Kier alpha value is -2.00. The van der Waals surface area contributed by atoms with Crippen LogP contribution in [0.25, 0.3) is 10.4 Å². The molecule has 0 unspecified atom stereocenters. The molecule has 5 nitrogen and oxygen atoms in total. The number of carbonyl (C=O) groups excluding carboxylic acids is 1. The zero-order valence-corrected chi connectivity index (χ0v) is 17.1. The van der Waals surface area contributed by atoms with E-state index >= 15 is 0 Å². The fourth-order valence-corrected chi connectivity index (χ4v) is 5.64. The summed E-state index contributed by atoms with van der Waals surface area (Å²) >= 11 is 3.25. The molecule has 3 heterocycles. The molecule has 4 rings (SSSR count). The van der Waals surface area contributed by atoms with Crippen molar-refractivity contribution in [3.8, 4) is 10.4 Å². The highest BCUT2D eigenvalue weighted by molar-refractivity contribution is 7.89. The summed E-state index contributed by atoms with van der Waals surface area (Å²) in [5, 5.41) is 4.00. The lowest BCUT2D eigenvalue weighted by molar-refractivity contribution is 0.0736. The molecule has 140 valence electrons. The summed E-state index contributed by atoms with van der Waals surface area (Å²) in [6.45, 7) is 1.20. The van der Waals surface area contributed by atoms with Crippen LogP contribution in [0, 0.1) is 0 Å². The number of nitrogens with one attached hydrogen (secondary N) is 1. The van der Waals surface area contributed by atoms with Crippen molar-refractivity contribution in [2.45, 2.75) is 17.9 Å². The third kappa shape index (κ3) is 3.45. The van der Waals surface area contributed by atoms with Crippen LogP contribution in [0.1, 0.15) is 20.8 Å². The van der Waals surface area contributed by atoms with Crippen LogP contribution in [0.2, 0.25) is 0 Å². The summed E-state index contributed by atoms with van der Waals surface area (Å²) in [4.78, 5) is 17.5. The molecular formula is C19H18N2O3S3. The summed E-state index contributed by atoms with van der Waals surface area (Å²) in [6, 6.07) is 10.7. The van der Waals surface area contributed by atoms with Gasteiger partial charge in [-0.3, -0.25) is 4.79 Å². The van der Waals surface area contributed by atoms with Gasteiger partial charge in [0.05, 0.1) is 4.90 Å². The van der Waals surface area contributed by atoms with E-state index in [0.717, 1.165) is 16.9 Å². The normalized spacial score (nSPS) is 14.2. The highest BCUT2D eigenvalue weighted by Crippen LogP contribution is 2.32. The SMILES string of the molecule is CNS(=O)(=O)c1ccc(-c2cccs2)c(C(=O)N2CCc3sccc3C2)c1. The van der Waals surface area contributed by atoms with Gasteiger partial charge in [0.15, 0.2) is 0 Å². The fraction of sp³-hybridized carbons (Fsp3) is 0.211. The van der Waals surface area contributed by atoms with Gasteiger partial charge in [-0.05, 0) is 54.1 Å². The van der Waals surface area contributed by atoms with Crippen LogP contribution in [0.3, 0.4) is 0 Å². The molecular weight excluding hydrogens is 400 g/mol. The van der Waals surface area contributed by atoms with Gasteiger partial charge in [-0.2, -0.15) is 0 Å².